The molecule has 8 nitrogen and oxygen atoms in total. The largest absolute Gasteiger partial charge is 0.493 e. The van der Waals surface area contributed by atoms with Crippen LogP contribution in [0.25, 0.3) is 11.0 Å². The number of carbonyl (C=O) groups is 1. The minimum atomic E-state index is -0.743. The molecule has 2 aromatic heterocycles. The average Bonchev–Trinajstić information content (AvgIpc) is 3.42. The van der Waals surface area contributed by atoms with E-state index in [0.29, 0.717) is 39.8 Å². The Bertz CT molecular complexity index is 1450. The van der Waals surface area contributed by atoms with E-state index in [2.05, 4.69) is 10.2 Å². The molecular weight excluding hydrogens is 442 g/mol. The number of aryl methyl sites for hydroxylation is 2. The Labute approximate surface area is 193 Å². The van der Waals surface area contributed by atoms with Crippen LogP contribution in [-0.2, 0) is 0 Å². The summed E-state index contributed by atoms with van der Waals surface area (Å²) in [6.45, 7) is 6.24. The number of hydrogen-bond donors (Lipinski definition) is 0. The van der Waals surface area contributed by atoms with Gasteiger partial charge in [-0.25, -0.2) is 0 Å². The van der Waals surface area contributed by atoms with Gasteiger partial charge in [-0.2, -0.15) is 0 Å². The molecule has 0 spiro atoms. The van der Waals surface area contributed by atoms with E-state index in [1.807, 2.05) is 32.9 Å². The van der Waals surface area contributed by atoms with Crippen LogP contribution in [0, 0.1) is 13.8 Å². The first-order valence-corrected chi connectivity index (χ1v) is 11.3. The van der Waals surface area contributed by atoms with Gasteiger partial charge in [-0.3, -0.25) is 14.5 Å². The van der Waals surface area contributed by atoms with Gasteiger partial charge in [-0.05, 0) is 61.7 Å². The van der Waals surface area contributed by atoms with Gasteiger partial charge in [0.1, 0.15) is 11.1 Å². The molecule has 4 aromatic rings. The van der Waals surface area contributed by atoms with Crippen molar-refractivity contribution in [3.63, 3.8) is 0 Å². The maximum absolute atomic E-state index is 13.7. The van der Waals surface area contributed by atoms with Crippen LogP contribution in [0.2, 0.25) is 0 Å². The fourth-order valence-corrected chi connectivity index (χ4v) is 4.73. The number of carbonyl (C=O) groups excluding carboxylic acids is 1. The summed E-state index contributed by atoms with van der Waals surface area (Å²) in [5.74, 6) is 0.664. The molecule has 9 heteroatoms. The molecule has 1 aliphatic rings. The number of hydrogen-bond acceptors (Lipinski definition) is 8. The third kappa shape index (κ3) is 3.27. The standard InChI is InChI=1S/C24H21N3O5S/c1-5-31-16-7-6-14(10-18(16)30-4)20-19-21(28)15-8-12(2)13(3)9-17(15)32-22(19)23(29)27(20)24-26-25-11-33-24/h6-11,20H,5H2,1-4H3. The zero-order valence-electron chi connectivity index (χ0n) is 18.5. The summed E-state index contributed by atoms with van der Waals surface area (Å²) in [4.78, 5) is 28.7. The van der Waals surface area contributed by atoms with Gasteiger partial charge in [0.2, 0.25) is 10.9 Å². The van der Waals surface area contributed by atoms with E-state index >= 15 is 0 Å². The maximum Gasteiger partial charge on any atom is 0.297 e. The van der Waals surface area contributed by atoms with Crippen LogP contribution in [0.3, 0.4) is 0 Å². The number of aromatic nitrogens is 2. The molecule has 1 unspecified atom stereocenters. The molecule has 0 fully saturated rings. The van der Waals surface area contributed by atoms with Gasteiger partial charge in [-0.15, -0.1) is 10.2 Å². The predicted octanol–water partition coefficient (Wildman–Crippen LogP) is 4.42. The molecular formula is C24H21N3O5S. The number of nitrogens with zero attached hydrogens (tertiary/aromatic N) is 3. The molecule has 2 aromatic carbocycles. The number of benzene rings is 2. The van der Waals surface area contributed by atoms with Crippen molar-refractivity contribution in [3.8, 4) is 11.5 Å². The van der Waals surface area contributed by atoms with Crippen molar-refractivity contribution < 1.29 is 18.7 Å². The van der Waals surface area contributed by atoms with Crippen molar-refractivity contribution in [2.75, 3.05) is 18.6 Å². The molecule has 33 heavy (non-hydrogen) atoms. The number of fused-ring (bicyclic) bond motifs is 2. The van der Waals surface area contributed by atoms with Crippen LogP contribution in [0.4, 0.5) is 5.13 Å². The highest BCUT2D eigenvalue weighted by molar-refractivity contribution is 7.13. The summed E-state index contributed by atoms with van der Waals surface area (Å²) in [5.41, 5.74) is 4.58. The van der Waals surface area contributed by atoms with Gasteiger partial charge >= 0.3 is 0 Å². The van der Waals surface area contributed by atoms with E-state index in [1.165, 1.54) is 16.2 Å². The molecule has 5 rings (SSSR count). The van der Waals surface area contributed by atoms with E-state index in [0.717, 1.165) is 11.1 Å². The van der Waals surface area contributed by atoms with Crippen LogP contribution >= 0.6 is 11.3 Å². The van der Waals surface area contributed by atoms with E-state index in [-0.39, 0.29) is 16.8 Å². The lowest BCUT2D eigenvalue weighted by Crippen LogP contribution is -2.29. The smallest absolute Gasteiger partial charge is 0.297 e. The van der Waals surface area contributed by atoms with Crippen LogP contribution in [-0.4, -0.2) is 29.8 Å². The van der Waals surface area contributed by atoms with Gasteiger partial charge in [0, 0.05) is 0 Å². The third-order valence-electron chi connectivity index (χ3n) is 5.84. The fourth-order valence-electron chi connectivity index (χ4n) is 4.14. The molecule has 1 amide bonds. The van der Waals surface area contributed by atoms with Gasteiger partial charge in [0.25, 0.3) is 5.91 Å². The Morgan fingerprint density at radius 2 is 1.91 bits per heavy atom. The Kier molecular flexibility index (Phi) is 5.13. The highest BCUT2D eigenvalue weighted by Gasteiger charge is 2.45. The molecule has 1 aliphatic heterocycles. The molecule has 0 saturated heterocycles. The molecule has 3 heterocycles. The van der Waals surface area contributed by atoms with Crippen molar-refractivity contribution >= 4 is 33.3 Å². The number of anilines is 1. The first-order valence-electron chi connectivity index (χ1n) is 10.4. The van der Waals surface area contributed by atoms with Gasteiger partial charge < -0.3 is 13.9 Å². The van der Waals surface area contributed by atoms with Crippen LogP contribution in [0.15, 0.2) is 45.1 Å². The minimum absolute atomic E-state index is 0.0174. The Morgan fingerprint density at radius 3 is 2.61 bits per heavy atom. The fraction of sp³-hybridized carbons (Fsp3) is 0.250. The summed E-state index contributed by atoms with van der Waals surface area (Å²) in [6.07, 6.45) is 0. The van der Waals surface area contributed by atoms with Gasteiger partial charge in [-0.1, -0.05) is 17.4 Å². The summed E-state index contributed by atoms with van der Waals surface area (Å²) in [6, 6.07) is 8.23. The average molecular weight is 464 g/mol. The van der Waals surface area contributed by atoms with E-state index in [4.69, 9.17) is 13.9 Å². The van der Waals surface area contributed by atoms with Crippen molar-refractivity contribution in [2.45, 2.75) is 26.8 Å². The SMILES string of the molecule is CCOc1ccc(C2c3c(oc4cc(C)c(C)cc4c3=O)C(=O)N2c2nncs2)cc1OC. The van der Waals surface area contributed by atoms with Crippen molar-refractivity contribution in [1.82, 2.24) is 10.2 Å². The first-order chi connectivity index (χ1) is 15.9. The van der Waals surface area contributed by atoms with Crippen LogP contribution in [0.5, 0.6) is 11.5 Å². The molecule has 0 aliphatic carbocycles. The lowest BCUT2D eigenvalue weighted by atomic mass is 9.97. The molecule has 0 bridgehead atoms. The highest BCUT2D eigenvalue weighted by atomic mass is 32.1. The monoisotopic (exact) mass is 463 g/mol. The van der Waals surface area contributed by atoms with Gasteiger partial charge in [0.05, 0.1) is 30.7 Å². The highest BCUT2D eigenvalue weighted by Crippen LogP contribution is 2.43. The van der Waals surface area contributed by atoms with Crippen molar-refractivity contribution in [1.29, 1.82) is 0 Å². The van der Waals surface area contributed by atoms with E-state index in [1.54, 1.807) is 30.8 Å². The number of methoxy groups -OCH3 is 1. The van der Waals surface area contributed by atoms with Crippen molar-refractivity contribution in [2.24, 2.45) is 0 Å². The van der Waals surface area contributed by atoms with E-state index < -0.39 is 11.9 Å². The summed E-state index contributed by atoms with van der Waals surface area (Å²) in [7, 11) is 1.55. The second-order valence-electron chi connectivity index (χ2n) is 7.75. The maximum atomic E-state index is 13.7. The lowest BCUT2D eigenvalue weighted by molar-refractivity contribution is 0.0970. The number of amides is 1. The normalized spacial score (nSPS) is 15.2. The van der Waals surface area contributed by atoms with E-state index in [9.17, 15) is 9.59 Å². The van der Waals surface area contributed by atoms with Crippen LogP contribution < -0.4 is 19.8 Å². The summed E-state index contributed by atoms with van der Waals surface area (Å²) < 4.78 is 17.2. The zero-order chi connectivity index (χ0) is 23.3. The van der Waals surface area contributed by atoms with Gasteiger partial charge in [0.15, 0.2) is 16.9 Å². The first kappa shape index (κ1) is 21.1. The topological polar surface area (TPSA) is 94.8 Å². The lowest BCUT2D eigenvalue weighted by Gasteiger charge is -2.23. The molecule has 168 valence electrons. The van der Waals surface area contributed by atoms with Crippen molar-refractivity contribution in [3.05, 3.63) is 74.1 Å². The summed E-state index contributed by atoms with van der Waals surface area (Å²) >= 11 is 1.21. The predicted molar refractivity (Wildman–Crippen MR) is 125 cm³/mol. The molecule has 0 saturated carbocycles. The Morgan fingerprint density at radius 1 is 1.12 bits per heavy atom. The Hall–Kier alpha value is -3.72. The second-order valence-corrected chi connectivity index (χ2v) is 8.56. The summed E-state index contributed by atoms with van der Waals surface area (Å²) in [5, 5.41) is 8.80. The van der Waals surface area contributed by atoms with Crippen LogP contribution in [0.1, 0.15) is 45.8 Å². The second kappa shape index (κ2) is 8.00. The quantitative estimate of drug-likeness (QED) is 0.432. The molecule has 0 radical (unpaired) electrons. The Balaban J connectivity index is 1.79. The third-order valence-corrected chi connectivity index (χ3v) is 6.53. The minimum Gasteiger partial charge on any atom is -0.493 e. The molecule has 0 N–H and O–H groups in total. The zero-order valence-corrected chi connectivity index (χ0v) is 19.4. The number of ether oxygens (including phenoxy) is 2. The number of rotatable bonds is 5. The molecule has 1 atom stereocenters.